The molecule has 0 aliphatic rings. The van der Waals surface area contributed by atoms with Gasteiger partial charge in [0.1, 0.15) is 0 Å². The van der Waals surface area contributed by atoms with E-state index in [2.05, 4.69) is 15.5 Å². The van der Waals surface area contributed by atoms with Gasteiger partial charge in [-0.15, -0.1) is 0 Å². The molecule has 0 atom stereocenters. The minimum atomic E-state index is -0.156. The predicted molar refractivity (Wildman–Crippen MR) is 76.9 cm³/mol. The first-order chi connectivity index (χ1) is 8.97. The summed E-state index contributed by atoms with van der Waals surface area (Å²) < 4.78 is 0. The van der Waals surface area contributed by atoms with Crippen molar-refractivity contribution in [3.05, 3.63) is 45.2 Å². The first-order valence-corrected chi connectivity index (χ1v) is 6.48. The molecule has 1 heterocycles. The second-order valence-corrected chi connectivity index (χ2v) is 5.11. The van der Waals surface area contributed by atoms with Crippen LogP contribution in [0.25, 0.3) is 0 Å². The fraction of sp³-hybridized carbons (Fsp3) is 0.231. The summed E-state index contributed by atoms with van der Waals surface area (Å²) in [6.45, 7) is 3.74. The normalized spacial score (nSPS) is 10.5. The third-order valence-corrected chi connectivity index (χ3v) is 3.39. The van der Waals surface area contributed by atoms with Crippen molar-refractivity contribution in [2.75, 3.05) is 5.32 Å². The van der Waals surface area contributed by atoms with Gasteiger partial charge in [-0.05, 0) is 32.0 Å². The molecule has 100 valence electrons. The van der Waals surface area contributed by atoms with Crippen molar-refractivity contribution in [2.45, 2.75) is 20.3 Å². The topological polar surface area (TPSA) is 57.8 Å². The molecule has 0 saturated carbocycles. The van der Waals surface area contributed by atoms with E-state index >= 15 is 0 Å². The Labute approximate surface area is 121 Å². The molecular formula is C13H13Cl2N3O. The Bertz CT molecular complexity index is 603. The largest absolute Gasteiger partial charge is 0.324 e. The van der Waals surface area contributed by atoms with E-state index in [1.807, 2.05) is 13.8 Å². The Morgan fingerprint density at radius 1 is 1.37 bits per heavy atom. The number of hydrogen-bond acceptors (Lipinski definition) is 2. The molecule has 6 heteroatoms. The predicted octanol–water partition coefficient (Wildman–Crippen LogP) is 3.51. The Hall–Kier alpha value is -1.52. The molecule has 4 nitrogen and oxygen atoms in total. The Balaban J connectivity index is 2.12. The fourth-order valence-electron chi connectivity index (χ4n) is 1.78. The van der Waals surface area contributed by atoms with Crippen LogP contribution in [0, 0.1) is 13.8 Å². The number of H-pyrrole nitrogens is 1. The lowest BCUT2D eigenvalue weighted by Crippen LogP contribution is -2.15. The van der Waals surface area contributed by atoms with E-state index in [1.165, 1.54) is 0 Å². The van der Waals surface area contributed by atoms with Gasteiger partial charge in [0.2, 0.25) is 5.91 Å². The highest BCUT2D eigenvalue weighted by Crippen LogP contribution is 2.25. The van der Waals surface area contributed by atoms with Crippen molar-refractivity contribution in [3.63, 3.8) is 0 Å². The summed E-state index contributed by atoms with van der Waals surface area (Å²) in [6, 6.07) is 4.94. The van der Waals surface area contributed by atoms with Crippen LogP contribution < -0.4 is 5.32 Å². The molecule has 1 amide bonds. The van der Waals surface area contributed by atoms with Crippen LogP contribution in [0.2, 0.25) is 10.0 Å². The molecule has 0 fully saturated rings. The summed E-state index contributed by atoms with van der Waals surface area (Å²) in [4.78, 5) is 12.0. The molecule has 2 rings (SSSR count). The third kappa shape index (κ3) is 3.28. The van der Waals surface area contributed by atoms with Gasteiger partial charge in [-0.3, -0.25) is 9.89 Å². The number of nitrogens with one attached hydrogen (secondary N) is 2. The Morgan fingerprint density at radius 2 is 2.11 bits per heavy atom. The molecule has 0 radical (unpaired) electrons. The number of carbonyl (C=O) groups excluding carboxylic acids is 1. The van der Waals surface area contributed by atoms with Gasteiger partial charge in [0, 0.05) is 16.3 Å². The lowest BCUT2D eigenvalue weighted by Gasteiger charge is -2.07. The van der Waals surface area contributed by atoms with Crippen molar-refractivity contribution in [3.8, 4) is 0 Å². The smallest absolute Gasteiger partial charge is 0.228 e. The average molecular weight is 298 g/mol. The first-order valence-electron chi connectivity index (χ1n) is 5.72. The van der Waals surface area contributed by atoms with Crippen LogP contribution in [0.1, 0.15) is 17.0 Å². The van der Waals surface area contributed by atoms with Crippen LogP contribution in [0.5, 0.6) is 0 Å². The number of aromatic nitrogens is 2. The summed E-state index contributed by atoms with van der Waals surface area (Å²) in [5, 5.41) is 10.6. The van der Waals surface area contributed by atoms with Gasteiger partial charge in [-0.1, -0.05) is 23.2 Å². The fourth-order valence-corrected chi connectivity index (χ4v) is 2.12. The average Bonchev–Trinajstić information content (AvgIpc) is 2.65. The second kappa shape index (κ2) is 5.63. The highest BCUT2D eigenvalue weighted by molar-refractivity contribution is 6.35. The molecule has 1 aromatic heterocycles. The van der Waals surface area contributed by atoms with Crippen LogP contribution >= 0.6 is 23.2 Å². The number of hydrogen-bond donors (Lipinski definition) is 2. The molecule has 0 aliphatic carbocycles. The van der Waals surface area contributed by atoms with Crippen LogP contribution in [-0.4, -0.2) is 16.1 Å². The van der Waals surface area contributed by atoms with E-state index in [0.29, 0.717) is 15.7 Å². The van der Waals surface area contributed by atoms with Crippen molar-refractivity contribution in [1.29, 1.82) is 0 Å². The van der Waals surface area contributed by atoms with Gasteiger partial charge in [-0.25, -0.2) is 0 Å². The molecule has 0 spiro atoms. The zero-order valence-corrected chi connectivity index (χ0v) is 12.1. The third-order valence-electron chi connectivity index (χ3n) is 2.82. The van der Waals surface area contributed by atoms with Gasteiger partial charge in [0.25, 0.3) is 0 Å². The zero-order valence-electron chi connectivity index (χ0n) is 10.6. The molecule has 2 N–H and O–H groups in total. The molecule has 0 unspecified atom stereocenters. The monoisotopic (exact) mass is 297 g/mol. The highest BCUT2D eigenvalue weighted by atomic mass is 35.5. The van der Waals surface area contributed by atoms with E-state index < -0.39 is 0 Å². The maximum Gasteiger partial charge on any atom is 0.228 e. The van der Waals surface area contributed by atoms with Gasteiger partial charge >= 0.3 is 0 Å². The number of carbonyl (C=O) groups is 1. The van der Waals surface area contributed by atoms with Crippen LogP contribution in [-0.2, 0) is 11.2 Å². The lowest BCUT2D eigenvalue weighted by atomic mass is 10.1. The Kier molecular flexibility index (Phi) is 4.12. The molecule has 19 heavy (non-hydrogen) atoms. The van der Waals surface area contributed by atoms with E-state index in [9.17, 15) is 4.79 Å². The van der Waals surface area contributed by atoms with Crippen LogP contribution in [0.4, 0.5) is 5.69 Å². The number of anilines is 1. The van der Waals surface area contributed by atoms with E-state index in [4.69, 9.17) is 23.2 Å². The highest BCUT2D eigenvalue weighted by Gasteiger charge is 2.12. The molecule has 0 bridgehead atoms. The number of aryl methyl sites for hydroxylation is 2. The minimum Gasteiger partial charge on any atom is -0.324 e. The Morgan fingerprint density at radius 3 is 2.74 bits per heavy atom. The SMILES string of the molecule is Cc1n[nH]c(C)c1CC(=O)Nc1cc(Cl)ccc1Cl. The maximum absolute atomic E-state index is 12.0. The van der Waals surface area contributed by atoms with Crippen LogP contribution in [0.3, 0.4) is 0 Å². The number of rotatable bonds is 3. The van der Waals surface area contributed by atoms with Gasteiger partial charge in [-0.2, -0.15) is 5.10 Å². The summed E-state index contributed by atoms with van der Waals surface area (Å²) in [7, 11) is 0. The standard InChI is InChI=1S/C13H13Cl2N3O/c1-7-10(8(2)18-17-7)6-13(19)16-12-5-9(14)3-4-11(12)15/h3-5H,6H2,1-2H3,(H,16,19)(H,17,18). The number of aromatic amines is 1. The first kappa shape index (κ1) is 13.9. The summed E-state index contributed by atoms with van der Waals surface area (Å²) in [5.41, 5.74) is 3.13. The molecule has 0 saturated heterocycles. The van der Waals surface area contributed by atoms with Gasteiger partial charge in [0.05, 0.1) is 22.8 Å². The molecule has 1 aromatic carbocycles. The van der Waals surface area contributed by atoms with E-state index in [1.54, 1.807) is 18.2 Å². The second-order valence-electron chi connectivity index (χ2n) is 4.26. The van der Waals surface area contributed by atoms with Crippen molar-refractivity contribution >= 4 is 34.8 Å². The summed E-state index contributed by atoms with van der Waals surface area (Å²) >= 11 is 11.9. The number of nitrogens with zero attached hydrogens (tertiary/aromatic N) is 1. The van der Waals surface area contributed by atoms with Crippen molar-refractivity contribution in [1.82, 2.24) is 10.2 Å². The summed E-state index contributed by atoms with van der Waals surface area (Å²) in [6.07, 6.45) is 0.247. The number of amides is 1. The molecule has 0 aliphatic heterocycles. The van der Waals surface area contributed by atoms with Gasteiger partial charge in [0.15, 0.2) is 0 Å². The van der Waals surface area contributed by atoms with Crippen molar-refractivity contribution in [2.24, 2.45) is 0 Å². The lowest BCUT2D eigenvalue weighted by molar-refractivity contribution is -0.115. The maximum atomic E-state index is 12.0. The number of halogens is 2. The minimum absolute atomic E-state index is 0.156. The number of benzene rings is 1. The zero-order chi connectivity index (χ0) is 14.0. The van der Waals surface area contributed by atoms with Gasteiger partial charge < -0.3 is 5.32 Å². The van der Waals surface area contributed by atoms with E-state index in [0.717, 1.165) is 17.0 Å². The van der Waals surface area contributed by atoms with Crippen LogP contribution in [0.15, 0.2) is 18.2 Å². The van der Waals surface area contributed by atoms with E-state index in [-0.39, 0.29) is 12.3 Å². The molecule has 2 aromatic rings. The quantitative estimate of drug-likeness (QED) is 0.911. The summed E-state index contributed by atoms with van der Waals surface area (Å²) in [5.74, 6) is -0.156. The van der Waals surface area contributed by atoms with Crippen molar-refractivity contribution < 1.29 is 4.79 Å². The molecular weight excluding hydrogens is 285 g/mol.